The van der Waals surface area contributed by atoms with E-state index in [1.807, 2.05) is 36.4 Å². The van der Waals surface area contributed by atoms with Gasteiger partial charge in [0.05, 0.1) is 17.3 Å². The molecule has 3 heteroatoms. The van der Waals surface area contributed by atoms with Crippen molar-refractivity contribution >= 4 is 17.3 Å². The highest BCUT2D eigenvalue weighted by Gasteiger charge is 2.22. The average molecular weight is 246 g/mol. The molecule has 0 saturated heterocycles. The Kier molecular flexibility index (Phi) is 2.65. The van der Waals surface area contributed by atoms with E-state index in [1.165, 1.54) is 0 Å². The van der Waals surface area contributed by atoms with E-state index < -0.39 is 0 Å². The number of ether oxygens (including phenoxy) is 1. The van der Waals surface area contributed by atoms with Crippen molar-refractivity contribution in [3.8, 4) is 5.75 Å². The summed E-state index contributed by atoms with van der Waals surface area (Å²) in [7, 11) is 0. The lowest BCUT2D eigenvalue weighted by Crippen LogP contribution is -2.23. The van der Waals surface area contributed by atoms with Crippen molar-refractivity contribution in [2.24, 2.45) is 0 Å². The van der Waals surface area contributed by atoms with Gasteiger partial charge in [0.2, 0.25) is 0 Å². The first-order chi connectivity index (χ1) is 8.34. The van der Waals surface area contributed by atoms with Crippen LogP contribution in [0.4, 0.5) is 5.69 Å². The molecule has 1 aliphatic heterocycles. The predicted octanol–water partition coefficient (Wildman–Crippen LogP) is 3.89. The highest BCUT2D eigenvalue weighted by Crippen LogP contribution is 2.39. The molecule has 86 valence electrons. The first-order valence-electron chi connectivity index (χ1n) is 5.58. The predicted molar refractivity (Wildman–Crippen MR) is 69.8 cm³/mol. The second-order valence-electron chi connectivity index (χ2n) is 4.01. The quantitative estimate of drug-likeness (QED) is 0.823. The van der Waals surface area contributed by atoms with E-state index in [9.17, 15) is 0 Å². The lowest BCUT2D eigenvalue weighted by Gasteiger charge is -2.28. The fraction of sp³-hybridized carbons (Fsp3) is 0.143. The Bertz CT molecular complexity index is 527. The largest absolute Gasteiger partial charge is 0.480 e. The molecule has 0 aromatic heterocycles. The second kappa shape index (κ2) is 4.30. The molecule has 0 saturated carbocycles. The van der Waals surface area contributed by atoms with Crippen LogP contribution in [0.5, 0.6) is 5.75 Å². The Labute approximate surface area is 105 Å². The Hall–Kier alpha value is -1.67. The minimum absolute atomic E-state index is 0.0172. The second-order valence-corrected chi connectivity index (χ2v) is 4.42. The van der Waals surface area contributed by atoms with Crippen molar-refractivity contribution in [3.63, 3.8) is 0 Å². The monoisotopic (exact) mass is 245 g/mol. The number of fused-ring (bicyclic) bond motifs is 1. The number of hydrogen-bond donors (Lipinski definition) is 1. The number of benzene rings is 2. The minimum atomic E-state index is 0.0172. The van der Waals surface area contributed by atoms with Gasteiger partial charge >= 0.3 is 0 Å². The lowest BCUT2D eigenvalue weighted by molar-refractivity contribution is 0.210. The Morgan fingerprint density at radius 1 is 1.06 bits per heavy atom. The van der Waals surface area contributed by atoms with Gasteiger partial charge in [0.25, 0.3) is 0 Å². The summed E-state index contributed by atoms with van der Waals surface area (Å²) in [4.78, 5) is 0. The van der Waals surface area contributed by atoms with Crippen LogP contribution in [0.1, 0.15) is 11.7 Å². The molecule has 17 heavy (non-hydrogen) atoms. The molecule has 1 unspecified atom stereocenters. The maximum atomic E-state index is 6.13. The molecule has 3 rings (SSSR count). The normalized spacial score (nSPS) is 17.8. The van der Waals surface area contributed by atoms with Gasteiger partial charge in [-0.1, -0.05) is 48.0 Å². The van der Waals surface area contributed by atoms with E-state index >= 15 is 0 Å². The lowest BCUT2D eigenvalue weighted by atomic mass is 10.1. The van der Waals surface area contributed by atoms with Gasteiger partial charge in [-0.15, -0.1) is 0 Å². The van der Waals surface area contributed by atoms with Crippen LogP contribution in [0.3, 0.4) is 0 Å². The SMILES string of the molecule is Clc1cccc2c1OC(c1ccccc1)CN2. The zero-order chi connectivity index (χ0) is 11.7. The average Bonchev–Trinajstić information content (AvgIpc) is 2.40. The summed E-state index contributed by atoms with van der Waals surface area (Å²) in [6.45, 7) is 0.761. The molecule has 0 radical (unpaired) electrons. The maximum Gasteiger partial charge on any atom is 0.161 e. The van der Waals surface area contributed by atoms with Crippen LogP contribution in [-0.4, -0.2) is 6.54 Å². The molecule has 0 spiro atoms. The van der Waals surface area contributed by atoms with Gasteiger partial charge in [-0.05, 0) is 17.7 Å². The maximum absolute atomic E-state index is 6.13. The molecule has 1 atom stereocenters. The topological polar surface area (TPSA) is 21.3 Å². The molecule has 2 aromatic rings. The molecule has 2 aromatic carbocycles. The van der Waals surface area contributed by atoms with Gasteiger partial charge in [0.15, 0.2) is 5.75 Å². The molecule has 0 fully saturated rings. The molecule has 0 amide bonds. The van der Waals surface area contributed by atoms with Crippen LogP contribution >= 0.6 is 11.6 Å². The Morgan fingerprint density at radius 3 is 2.71 bits per heavy atom. The summed E-state index contributed by atoms with van der Waals surface area (Å²) < 4.78 is 5.95. The molecule has 1 aliphatic rings. The molecule has 0 bridgehead atoms. The standard InChI is InChI=1S/C14H12ClNO/c15-11-7-4-8-12-14(11)17-13(9-16-12)10-5-2-1-3-6-10/h1-8,13,16H,9H2. The Balaban J connectivity index is 1.93. The van der Waals surface area contributed by atoms with E-state index in [-0.39, 0.29) is 6.10 Å². The van der Waals surface area contributed by atoms with Gasteiger partial charge < -0.3 is 10.1 Å². The molecule has 2 nitrogen and oxygen atoms in total. The van der Waals surface area contributed by atoms with Gasteiger partial charge in [0.1, 0.15) is 6.10 Å². The van der Waals surface area contributed by atoms with Crippen molar-refractivity contribution in [1.82, 2.24) is 0 Å². The number of anilines is 1. The highest BCUT2D eigenvalue weighted by molar-refractivity contribution is 6.32. The molecule has 0 aliphatic carbocycles. The van der Waals surface area contributed by atoms with Gasteiger partial charge in [0, 0.05) is 0 Å². The van der Waals surface area contributed by atoms with Crippen LogP contribution in [0.25, 0.3) is 0 Å². The van der Waals surface area contributed by atoms with E-state index in [2.05, 4.69) is 17.4 Å². The summed E-state index contributed by atoms with van der Waals surface area (Å²) in [5.41, 5.74) is 2.12. The van der Waals surface area contributed by atoms with Crippen LogP contribution in [-0.2, 0) is 0 Å². The van der Waals surface area contributed by atoms with E-state index in [1.54, 1.807) is 0 Å². The van der Waals surface area contributed by atoms with Crippen molar-refractivity contribution in [3.05, 3.63) is 59.1 Å². The smallest absolute Gasteiger partial charge is 0.161 e. The first kappa shape index (κ1) is 10.5. The van der Waals surface area contributed by atoms with Crippen molar-refractivity contribution < 1.29 is 4.74 Å². The number of hydrogen-bond acceptors (Lipinski definition) is 2. The molecule has 1 heterocycles. The summed E-state index contributed by atoms with van der Waals surface area (Å²) in [6, 6.07) is 15.9. The highest BCUT2D eigenvalue weighted by atomic mass is 35.5. The minimum Gasteiger partial charge on any atom is -0.480 e. The van der Waals surface area contributed by atoms with Crippen molar-refractivity contribution in [1.29, 1.82) is 0 Å². The van der Waals surface area contributed by atoms with Gasteiger partial charge in [-0.3, -0.25) is 0 Å². The fourth-order valence-corrected chi connectivity index (χ4v) is 2.23. The van der Waals surface area contributed by atoms with Gasteiger partial charge in [-0.25, -0.2) is 0 Å². The van der Waals surface area contributed by atoms with E-state index in [0.717, 1.165) is 23.5 Å². The zero-order valence-corrected chi connectivity index (χ0v) is 9.95. The third-order valence-corrected chi connectivity index (χ3v) is 3.17. The first-order valence-corrected chi connectivity index (χ1v) is 5.96. The van der Waals surface area contributed by atoms with Crippen LogP contribution in [0.15, 0.2) is 48.5 Å². The number of rotatable bonds is 1. The van der Waals surface area contributed by atoms with Gasteiger partial charge in [-0.2, -0.15) is 0 Å². The summed E-state index contributed by atoms with van der Waals surface area (Å²) in [6.07, 6.45) is 0.0172. The third-order valence-electron chi connectivity index (χ3n) is 2.88. The number of halogens is 1. The van der Waals surface area contributed by atoms with Crippen LogP contribution in [0, 0.1) is 0 Å². The number of para-hydroxylation sites is 1. The Morgan fingerprint density at radius 2 is 1.88 bits per heavy atom. The van der Waals surface area contributed by atoms with Crippen LogP contribution in [0.2, 0.25) is 5.02 Å². The van der Waals surface area contributed by atoms with Crippen molar-refractivity contribution in [2.75, 3.05) is 11.9 Å². The van der Waals surface area contributed by atoms with Crippen molar-refractivity contribution in [2.45, 2.75) is 6.10 Å². The number of nitrogens with one attached hydrogen (secondary N) is 1. The molecule has 1 N–H and O–H groups in total. The summed E-state index contributed by atoms with van der Waals surface area (Å²) in [5.74, 6) is 0.745. The van der Waals surface area contributed by atoms with E-state index in [4.69, 9.17) is 16.3 Å². The summed E-state index contributed by atoms with van der Waals surface area (Å²) in [5, 5.41) is 3.99. The third kappa shape index (κ3) is 1.96. The molecular weight excluding hydrogens is 234 g/mol. The van der Waals surface area contributed by atoms with E-state index in [0.29, 0.717) is 5.02 Å². The molecular formula is C14H12ClNO. The fourth-order valence-electron chi connectivity index (χ4n) is 2.01. The summed E-state index contributed by atoms with van der Waals surface area (Å²) >= 11 is 6.13. The van der Waals surface area contributed by atoms with Crippen LogP contribution < -0.4 is 10.1 Å². The zero-order valence-electron chi connectivity index (χ0n) is 9.19.